The van der Waals surface area contributed by atoms with Crippen LogP contribution in [0.15, 0.2) is 0 Å². The SMILES string of the molecule is O[13CH]1CCC1. The van der Waals surface area contributed by atoms with E-state index in [0.29, 0.717) is 0 Å². The van der Waals surface area contributed by atoms with Crippen molar-refractivity contribution in [2.24, 2.45) is 0 Å². The second-order valence-corrected chi connectivity index (χ2v) is 1.58. The molecule has 0 bridgehead atoms. The lowest BCUT2D eigenvalue weighted by atomic mass is 10.2. The summed E-state index contributed by atoms with van der Waals surface area (Å²) < 4.78 is 0. The summed E-state index contributed by atoms with van der Waals surface area (Å²) in [6, 6.07) is 0. The molecule has 1 aliphatic carbocycles. The minimum absolute atomic E-state index is 0.0648. The van der Waals surface area contributed by atoms with Crippen LogP contribution in [0.1, 0.15) is 19.3 Å². The molecular formula is C4H8O. The van der Waals surface area contributed by atoms with Gasteiger partial charge in [0.25, 0.3) is 0 Å². The lowest BCUT2D eigenvalue weighted by Crippen LogP contribution is -2.15. The summed E-state index contributed by atoms with van der Waals surface area (Å²) in [6.07, 6.45) is 3.39. The Labute approximate surface area is 31.6 Å². The standard InChI is InChI=1S/C4H8O/c5-4-2-1-3-4/h4-5H,1-3H2/i4+1. The fourth-order valence-electron chi connectivity index (χ4n) is 0.387. The summed E-state index contributed by atoms with van der Waals surface area (Å²) >= 11 is 0. The third kappa shape index (κ3) is 0.428. The summed E-state index contributed by atoms with van der Waals surface area (Å²) in [7, 11) is 0. The van der Waals surface area contributed by atoms with Gasteiger partial charge >= 0.3 is 0 Å². The van der Waals surface area contributed by atoms with Crippen LogP contribution < -0.4 is 0 Å². The van der Waals surface area contributed by atoms with Crippen molar-refractivity contribution in [3.8, 4) is 0 Å². The van der Waals surface area contributed by atoms with E-state index in [0.717, 1.165) is 12.8 Å². The third-order valence-corrected chi connectivity index (χ3v) is 1.07. The number of hydrogen-bond acceptors (Lipinski definition) is 1. The molecule has 0 spiro atoms. The smallest absolute Gasteiger partial charge is 0.0540 e. The first kappa shape index (κ1) is 3.16. The zero-order valence-electron chi connectivity index (χ0n) is 3.15. The normalized spacial score (nSPS) is 25.8. The third-order valence-electron chi connectivity index (χ3n) is 1.07. The van der Waals surface area contributed by atoms with Crippen LogP contribution in [-0.2, 0) is 0 Å². The Bertz CT molecular complexity index is 30.6. The van der Waals surface area contributed by atoms with Gasteiger partial charge in [-0.3, -0.25) is 0 Å². The first-order valence-corrected chi connectivity index (χ1v) is 2.07. The lowest BCUT2D eigenvalue weighted by molar-refractivity contribution is 0.0950. The largest absolute Gasteiger partial charge is 0.393 e. The van der Waals surface area contributed by atoms with Crippen molar-refractivity contribution in [3.63, 3.8) is 0 Å². The maximum Gasteiger partial charge on any atom is 0.0540 e. The van der Waals surface area contributed by atoms with Crippen LogP contribution in [0.4, 0.5) is 0 Å². The molecular weight excluding hydrogens is 65.0 g/mol. The van der Waals surface area contributed by atoms with E-state index in [2.05, 4.69) is 0 Å². The highest BCUT2D eigenvalue weighted by Gasteiger charge is 2.11. The van der Waals surface area contributed by atoms with Gasteiger partial charge in [-0.2, -0.15) is 0 Å². The van der Waals surface area contributed by atoms with Gasteiger partial charge in [0.15, 0.2) is 0 Å². The minimum atomic E-state index is 0.0648. The molecule has 0 atom stereocenters. The number of aliphatic hydroxyl groups excluding tert-OH is 1. The van der Waals surface area contributed by atoms with Crippen LogP contribution in [0.3, 0.4) is 0 Å². The topological polar surface area (TPSA) is 20.2 Å². The van der Waals surface area contributed by atoms with Crippen LogP contribution in [0.25, 0.3) is 0 Å². The Balaban J connectivity index is 2.08. The quantitative estimate of drug-likeness (QED) is 0.415. The van der Waals surface area contributed by atoms with Crippen molar-refractivity contribution < 1.29 is 5.11 Å². The van der Waals surface area contributed by atoms with E-state index < -0.39 is 0 Å². The highest BCUT2D eigenvalue weighted by atomic mass is 16.4. The monoisotopic (exact) mass is 73.1 g/mol. The van der Waals surface area contributed by atoms with Gasteiger partial charge < -0.3 is 5.11 Å². The van der Waals surface area contributed by atoms with E-state index in [-0.39, 0.29) is 6.10 Å². The molecule has 0 aromatic rings. The summed E-state index contributed by atoms with van der Waals surface area (Å²) in [5.74, 6) is 0. The maximum atomic E-state index is 8.45. The van der Waals surface area contributed by atoms with E-state index in [1.807, 2.05) is 0 Å². The summed E-state index contributed by atoms with van der Waals surface area (Å²) in [5, 5.41) is 8.45. The Kier molecular flexibility index (Phi) is 0.618. The van der Waals surface area contributed by atoms with Crippen molar-refractivity contribution in [1.82, 2.24) is 0 Å². The van der Waals surface area contributed by atoms with Gasteiger partial charge in [-0.05, 0) is 19.3 Å². The maximum absolute atomic E-state index is 8.45. The average Bonchev–Trinajstić information content (AvgIpc) is 1.30. The van der Waals surface area contributed by atoms with Crippen molar-refractivity contribution in [3.05, 3.63) is 0 Å². The second-order valence-electron chi connectivity index (χ2n) is 1.58. The molecule has 1 heteroatoms. The van der Waals surface area contributed by atoms with Crippen LogP contribution in [-0.4, -0.2) is 11.2 Å². The zero-order valence-corrected chi connectivity index (χ0v) is 3.15. The fraction of sp³-hybridized carbons (Fsp3) is 1.00. The van der Waals surface area contributed by atoms with Crippen LogP contribution in [0.5, 0.6) is 0 Å². The molecule has 1 fully saturated rings. The molecule has 1 saturated carbocycles. The van der Waals surface area contributed by atoms with Crippen LogP contribution in [0.2, 0.25) is 0 Å². The number of rotatable bonds is 0. The van der Waals surface area contributed by atoms with Gasteiger partial charge in [-0.1, -0.05) is 0 Å². The Morgan fingerprint density at radius 3 is 1.80 bits per heavy atom. The first-order valence-electron chi connectivity index (χ1n) is 2.07. The molecule has 0 radical (unpaired) electrons. The summed E-state index contributed by atoms with van der Waals surface area (Å²) in [6.45, 7) is 0. The van der Waals surface area contributed by atoms with Gasteiger partial charge in [0, 0.05) is 0 Å². The highest BCUT2D eigenvalue weighted by Crippen LogP contribution is 2.16. The van der Waals surface area contributed by atoms with E-state index in [9.17, 15) is 0 Å². The minimum Gasteiger partial charge on any atom is -0.393 e. The summed E-state index contributed by atoms with van der Waals surface area (Å²) in [4.78, 5) is 0. The van der Waals surface area contributed by atoms with Gasteiger partial charge in [-0.25, -0.2) is 0 Å². The molecule has 30 valence electrons. The first-order chi connectivity index (χ1) is 2.39. The lowest BCUT2D eigenvalue weighted by Gasteiger charge is -2.17. The Morgan fingerprint density at radius 1 is 1.40 bits per heavy atom. The molecule has 0 aliphatic heterocycles. The van der Waals surface area contributed by atoms with Crippen molar-refractivity contribution >= 4 is 0 Å². The van der Waals surface area contributed by atoms with E-state index in [4.69, 9.17) is 5.11 Å². The molecule has 1 nitrogen and oxygen atoms in total. The second kappa shape index (κ2) is 0.977. The van der Waals surface area contributed by atoms with Crippen molar-refractivity contribution in [1.29, 1.82) is 0 Å². The molecule has 0 aromatic heterocycles. The molecule has 1 N–H and O–H groups in total. The van der Waals surface area contributed by atoms with E-state index in [1.54, 1.807) is 0 Å². The Morgan fingerprint density at radius 2 is 1.80 bits per heavy atom. The predicted octanol–water partition coefficient (Wildman–Crippen LogP) is 0.531. The van der Waals surface area contributed by atoms with Crippen LogP contribution in [0, 0.1) is 0 Å². The Hall–Kier alpha value is -0.0400. The van der Waals surface area contributed by atoms with Gasteiger partial charge in [0.05, 0.1) is 6.10 Å². The average molecular weight is 73.1 g/mol. The molecule has 0 saturated heterocycles. The molecule has 0 aromatic carbocycles. The fourth-order valence-corrected chi connectivity index (χ4v) is 0.387. The molecule has 0 unspecified atom stereocenters. The van der Waals surface area contributed by atoms with Crippen molar-refractivity contribution in [2.75, 3.05) is 0 Å². The molecule has 5 heavy (non-hydrogen) atoms. The van der Waals surface area contributed by atoms with Gasteiger partial charge in [0.2, 0.25) is 0 Å². The van der Waals surface area contributed by atoms with Crippen molar-refractivity contribution in [2.45, 2.75) is 25.4 Å². The summed E-state index contributed by atoms with van der Waals surface area (Å²) in [5.41, 5.74) is 0. The number of aliphatic hydroxyl groups is 1. The van der Waals surface area contributed by atoms with E-state index in [1.165, 1.54) is 6.42 Å². The van der Waals surface area contributed by atoms with Gasteiger partial charge in [-0.15, -0.1) is 0 Å². The number of hydrogen-bond donors (Lipinski definition) is 1. The van der Waals surface area contributed by atoms with Gasteiger partial charge in [0.1, 0.15) is 0 Å². The van der Waals surface area contributed by atoms with Crippen LogP contribution >= 0.6 is 0 Å². The zero-order chi connectivity index (χ0) is 3.70. The predicted molar refractivity (Wildman–Crippen MR) is 19.9 cm³/mol. The molecule has 1 aliphatic rings. The highest BCUT2D eigenvalue weighted by molar-refractivity contribution is 4.65. The van der Waals surface area contributed by atoms with E-state index >= 15 is 0 Å². The molecule has 0 amide bonds. The molecule has 0 heterocycles. The molecule has 1 rings (SSSR count).